The van der Waals surface area contributed by atoms with Crippen LogP contribution in [0.2, 0.25) is 0 Å². The van der Waals surface area contributed by atoms with Gasteiger partial charge in [0.1, 0.15) is 0 Å². The highest BCUT2D eigenvalue weighted by Gasteiger charge is 2.71. The van der Waals surface area contributed by atoms with Crippen LogP contribution in [0.15, 0.2) is 11.6 Å². The second-order valence-electron chi connectivity index (χ2n) is 14.5. The average molecular weight is 457 g/mol. The van der Waals surface area contributed by atoms with Crippen molar-refractivity contribution in [3.8, 4) is 0 Å². The molecule has 5 aliphatic carbocycles. The topological polar surface area (TPSA) is 57.5 Å². The zero-order chi connectivity index (χ0) is 24.2. The minimum atomic E-state index is -1.03. The van der Waals surface area contributed by atoms with Crippen molar-refractivity contribution in [1.82, 2.24) is 0 Å². The molecule has 0 bridgehead atoms. The van der Waals surface area contributed by atoms with Crippen molar-refractivity contribution in [2.75, 3.05) is 0 Å². The third-order valence-corrected chi connectivity index (χ3v) is 13.9. The molecule has 0 aromatic heterocycles. The molecule has 3 nitrogen and oxygen atoms in total. The first-order valence-electron chi connectivity index (χ1n) is 13.8. The van der Waals surface area contributed by atoms with Crippen molar-refractivity contribution in [2.24, 2.45) is 50.2 Å². The second kappa shape index (κ2) is 6.89. The summed E-state index contributed by atoms with van der Waals surface area (Å²) in [7, 11) is 0. The number of hydrogen-bond acceptors (Lipinski definition) is 2. The van der Waals surface area contributed by atoms with Gasteiger partial charge in [0.2, 0.25) is 0 Å². The van der Waals surface area contributed by atoms with Crippen LogP contribution in [0.3, 0.4) is 0 Å². The Morgan fingerprint density at radius 1 is 0.909 bits per heavy atom. The summed E-state index contributed by atoms with van der Waals surface area (Å²) in [6.45, 7) is 17.1. The number of aliphatic carboxylic acids is 1. The maximum atomic E-state index is 12.5. The van der Waals surface area contributed by atoms with Crippen LogP contribution in [-0.2, 0) is 4.79 Å². The number of carboxylic acids is 1. The Balaban J connectivity index is 1.63. The lowest BCUT2D eigenvalue weighted by Crippen LogP contribution is -2.67. The summed E-state index contributed by atoms with van der Waals surface area (Å²) >= 11 is 0. The minimum absolute atomic E-state index is 0.0375. The Morgan fingerprint density at radius 3 is 2.27 bits per heavy atom. The summed E-state index contributed by atoms with van der Waals surface area (Å²) < 4.78 is 0. The van der Waals surface area contributed by atoms with Crippen LogP contribution < -0.4 is 0 Å². The molecule has 0 aromatic rings. The molecule has 0 heterocycles. The third kappa shape index (κ3) is 2.54. The molecule has 0 aliphatic heterocycles. The van der Waals surface area contributed by atoms with Gasteiger partial charge in [0, 0.05) is 0 Å². The molecule has 33 heavy (non-hydrogen) atoms. The third-order valence-electron chi connectivity index (χ3n) is 13.9. The largest absolute Gasteiger partial charge is 0.481 e. The molecule has 4 saturated carbocycles. The van der Waals surface area contributed by atoms with Gasteiger partial charge in [-0.15, -0.1) is 0 Å². The predicted molar refractivity (Wildman–Crippen MR) is 133 cm³/mol. The Morgan fingerprint density at radius 2 is 1.61 bits per heavy atom. The van der Waals surface area contributed by atoms with Gasteiger partial charge in [-0.25, -0.2) is 0 Å². The van der Waals surface area contributed by atoms with Crippen LogP contribution >= 0.6 is 0 Å². The van der Waals surface area contributed by atoms with Gasteiger partial charge in [-0.3, -0.25) is 4.79 Å². The molecule has 0 spiro atoms. The van der Waals surface area contributed by atoms with Crippen molar-refractivity contribution < 1.29 is 15.0 Å². The van der Waals surface area contributed by atoms with E-state index in [9.17, 15) is 15.0 Å². The fourth-order valence-electron chi connectivity index (χ4n) is 11.1. The van der Waals surface area contributed by atoms with Gasteiger partial charge in [0.05, 0.1) is 11.5 Å². The van der Waals surface area contributed by atoms with E-state index in [4.69, 9.17) is 0 Å². The fraction of sp³-hybridized carbons (Fsp3) is 0.900. The molecular formula is C30H48O3. The Bertz CT molecular complexity index is 893. The highest BCUT2D eigenvalue weighted by Crippen LogP contribution is 2.78. The van der Waals surface area contributed by atoms with E-state index in [1.807, 2.05) is 6.92 Å². The summed E-state index contributed by atoms with van der Waals surface area (Å²) in [4.78, 5) is 12.5. The summed E-state index contributed by atoms with van der Waals surface area (Å²) in [5, 5.41) is 21.1. The highest BCUT2D eigenvalue weighted by molar-refractivity contribution is 5.76. The standard InChI is InChI=1S/C30H48O3/c1-19-9-8-14-25(2)17-18-28(5)22(30(19,25)7)11-10-20-26(3)15-13-23(31)29(6,24(32)33)21(26)12-16-27(20,28)4/h11,19-21,23,31H,8-10,12-18H2,1-7H3,(H,32,33)/t19?,20?,21?,23-,25?,26?,27?,28-,29-,30?/m1/s1. The molecule has 5 aliphatic rings. The predicted octanol–water partition coefficient (Wildman–Crippen LogP) is 7.23. The van der Waals surface area contributed by atoms with Crippen molar-refractivity contribution in [1.29, 1.82) is 0 Å². The van der Waals surface area contributed by atoms with Gasteiger partial charge in [-0.2, -0.15) is 0 Å². The molecule has 0 aromatic carbocycles. The van der Waals surface area contributed by atoms with E-state index in [-0.39, 0.29) is 27.6 Å². The van der Waals surface area contributed by atoms with Gasteiger partial charge >= 0.3 is 5.97 Å². The van der Waals surface area contributed by atoms with Crippen molar-refractivity contribution in [3.63, 3.8) is 0 Å². The summed E-state index contributed by atoms with van der Waals surface area (Å²) in [6, 6.07) is 0. The van der Waals surface area contributed by atoms with Crippen LogP contribution in [0.4, 0.5) is 0 Å². The lowest BCUT2D eigenvalue weighted by molar-refractivity contribution is -0.220. The number of aliphatic hydroxyl groups excluding tert-OH is 1. The first-order valence-corrected chi connectivity index (χ1v) is 13.8. The number of fused-ring (bicyclic) bond motifs is 7. The number of aliphatic hydroxyl groups is 1. The molecule has 0 radical (unpaired) electrons. The van der Waals surface area contributed by atoms with Crippen LogP contribution in [0.1, 0.15) is 113 Å². The van der Waals surface area contributed by atoms with Crippen LogP contribution in [0, 0.1) is 50.2 Å². The van der Waals surface area contributed by atoms with E-state index in [0.717, 1.165) is 25.7 Å². The van der Waals surface area contributed by atoms with E-state index in [1.54, 1.807) is 5.57 Å². The van der Waals surface area contributed by atoms with Gasteiger partial charge in [-0.05, 0) is 110 Å². The van der Waals surface area contributed by atoms with E-state index < -0.39 is 17.5 Å². The highest BCUT2D eigenvalue weighted by atomic mass is 16.4. The number of hydrogen-bond donors (Lipinski definition) is 2. The van der Waals surface area contributed by atoms with Crippen molar-refractivity contribution >= 4 is 5.97 Å². The smallest absolute Gasteiger partial charge is 0.312 e. The lowest BCUT2D eigenvalue weighted by Gasteiger charge is -2.73. The van der Waals surface area contributed by atoms with E-state index >= 15 is 0 Å². The van der Waals surface area contributed by atoms with E-state index in [0.29, 0.717) is 23.7 Å². The number of carboxylic acid groups (broad SMARTS) is 1. The molecule has 10 atom stereocenters. The van der Waals surface area contributed by atoms with Crippen molar-refractivity contribution in [3.05, 3.63) is 11.6 Å². The zero-order valence-corrected chi connectivity index (χ0v) is 22.3. The first-order chi connectivity index (χ1) is 15.2. The summed E-state index contributed by atoms with van der Waals surface area (Å²) in [5.41, 5.74) is 1.72. The molecule has 5 rings (SSSR count). The quantitative estimate of drug-likeness (QED) is 0.409. The Hall–Kier alpha value is -0.830. The normalized spacial score (nSPS) is 58.2. The molecule has 186 valence electrons. The van der Waals surface area contributed by atoms with Gasteiger partial charge in [0.25, 0.3) is 0 Å². The average Bonchev–Trinajstić information content (AvgIpc) is 2.74. The molecular weight excluding hydrogens is 408 g/mol. The van der Waals surface area contributed by atoms with Gasteiger partial charge in [-0.1, -0.05) is 59.6 Å². The van der Waals surface area contributed by atoms with Crippen LogP contribution in [0.5, 0.6) is 0 Å². The zero-order valence-electron chi connectivity index (χ0n) is 22.3. The monoisotopic (exact) mass is 456 g/mol. The molecule has 0 saturated heterocycles. The van der Waals surface area contributed by atoms with Crippen LogP contribution in [0.25, 0.3) is 0 Å². The van der Waals surface area contributed by atoms with E-state index in [2.05, 4.69) is 47.6 Å². The minimum Gasteiger partial charge on any atom is -0.481 e. The lowest BCUT2D eigenvalue weighted by atomic mass is 9.31. The second-order valence-corrected chi connectivity index (χ2v) is 14.5. The maximum Gasteiger partial charge on any atom is 0.312 e. The first kappa shape index (κ1) is 23.9. The van der Waals surface area contributed by atoms with Crippen molar-refractivity contribution in [2.45, 2.75) is 119 Å². The van der Waals surface area contributed by atoms with Crippen LogP contribution in [-0.4, -0.2) is 22.3 Å². The summed E-state index contributed by atoms with van der Waals surface area (Å²) in [6.07, 6.45) is 13.2. The summed E-state index contributed by atoms with van der Waals surface area (Å²) in [5.74, 6) is 0.440. The Labute approximate surface area is 201 Å². The fourth-order valence-corrected chi connectivity index (χ4v) is 11.1. The molecule has 2 N–H and O–H groups in total. The van der Waals surface area contributed by atoms with Gasteiger partial charge < -0.3 is 10.2 Å². The Kier molecular flexibility index (Phi) is 4.99. The van der Waals surface area contributed by atoms with Gasteiger partial charge in [0.15, 0.2) is 0 Å². The number of rotatable bonds is 1. The number of carbonyl (C=O) groups is 1. The number of allylic oxidation sites excluding steroid dienone is 2. The molecule has 3 heteroatoms. The SMILES string of the molecule is CC1CCCC2(C)CC[C@]3(C)C(=CCC4C5(C)CC[C@@H](O)[C@](C)(C(=O)O)C5CCC43C)C12C. The molecule has 7 unspecified atom stereocenters. The van der Waals surface area contributed by atoms with E-state index in [1.165, 1.54) is 32.1 Å². The maximum absolute atomic E-state index is 12.5. The molecule has 0 amide bonds. The molecule has 4 fully saturated rings.